The molecule has 2 amide bonds. The van der Waals surface area contributed by atoms with Crippen molar-refractivity contribution in [3.63, 3.8) is 0 Å². The van der Waals surface area contributed by atoms with Gasteiger partial charge in [0.1, 0.15) is 5.71 Å². The van der Waals surface area contributed by atoms with Crippen molar-refractivity contribution in [2.24, 2.45) is 5.10 Å². The van der Waals surface area contributed by atoms with Crippen LogP contribution in [0, 0.1) is 10.1 Å². The first-order valence-electron chi connectivity index (χ1n) is 9.27. The van der Waals surface area contributed by atoms with Crippen LogP contribution in [0.2, 0.25) is 0 Å². The van der Waals surface area contributed by atoms with E-state index in [2.05, 4.69) is 10.5 Å². The molecule has 2 rings (SSSR count). The third-order valence-electron chi connectivity index (χ3n) is 3.96. The minimum Gasteiger partial charge on any atom is -0.448 e. The number of carbonyl (C=O) groups is 2. The third kappa shape index (κ3) is 5.53. The number of nitrogens with zero attached hydrogens (tertiary/aromatic N) is 4. The lowest BCUT2D eigenvalue weighted by Crippen LogP contribution is -2.52. The zero-order valence-electron chi connectivity index (χ0n) is 16.9. The van der Waals surface area contributed by atoms with Gasteiger partial charge in [-0.1, -0.05) is 18.2 Å². The normalized spacial score (nSPS) is 10.8. The standard InChI is InChI=1S/C20H23N5O5/c1-4-23(24(20(27)30-5-2)17-9-7-6-8-10-17)19(26)15(3)21-22-16-11-13-18(14-12-16)25(28)29/h6-14,22H,4-5H2,1-3H3/b21-15+. The van der Waals surface area contributed by atoms with Crippen LogP contribution in [0.15, 0.2) is 59.7 Å². The number of carbonyl (C=O) groups excluding carboxylic acids is 2. The molecule has 0 unspecified atom stereocenters. The number of nitro benzene ring substituents is 1. The number of ether oxygens (including phenoxy) is 1. The quantitative estimate of drug-likeness (QED) is 0.419. The molecule has 0 heterocycles. The Labute approximate surface area is 173 Å². The number of anilines is 2. The number of hydrazone groups is 1. The molecule has 0 aromatic heterocycles. The monoisotopic (exact) mass is 413 g/mol. The maximum atomic E-state index is 13.0. The summed E-state index contributed by atoms with van der Waals surface area (Å²) in [7, 11) is 0. The SMILES string of the molecule is CCOC(=O)N(c1ccccc1)N(CC)C(=O)/C(C)=N/Nc1ccc([N+](=O)[O-])cc1. The maximum Gasteiger partial charge on any atom is 0.433 e. The molecule has 10 heteroatoms. The van der Waals surface area contributed by atoms with Crippen molar-refractivity contribution in [2.75, 3.05) is 23.6 Å². The fraction of sp³-hybridized carbons (Fsp3) is 0.250. The van der Waals surface area contributed by atoms with Crippen molar-refractivity contribution < 1.29 is 19.2 Å². The predicted molar refractivity (Wildman–Crippen MR) is 113 cm³/mol. The Bertz CT molecular complexity index is 915. The van der Waals surface area contributed by atoms with E-state index in [0.29, 0.717) is 11.4 Å². The third-order valence-corrected chi connectivity index (χ3v) is 3.96. The summed E-state index contributed by atoms with van der Waals surface area (Å²) in [6.45, 7) is 5.25. The molecule has 0 fully saturated rings. The van der Waals surface area contributed by atoms with Crippen molar-refractivity contribution in [1.29, 1.82) is 0 Å². The van der Waals surface area contributed by atoms with Crippen molar-refractivity contribution in [3.05, 3.63) is 64.7 Å². The highest BCUT2D eigenvalue weighted by molar-refractivity contribution is 6.38. The molecule has 158 valence electrons. The van der Waals surface area contributed by atoms with Gasteiger partial charge in [-0.3, -0.25) is 20.3 Å². The largest absolute Gasteiger partial charge is 0.448 e. The molecule has 0 saturated carbocycles. The van der Waals surface area contributed by atoms with Gasteiger partial charge in [-0.2, -0.15) is 10.1 Å². The van der Waals surface area contributed by atoms with Gasteiger partial charge >= 0.3 is 6.09 Å². The lowest BCUT2D eigenvalue weighted by atomic mass is 10.3. The average molecular weight is 413 g/mol. The predicted octanol–water partition coefficient (Wildman–Crippen LogP) is 3.81. The average Bonchev–Trinajstić information content (AvgIpc) is 2.76. The molecule has 0 saturated heterocycles. The number of benzene rings is 2. The maximum absolute atomic E-state index is 13.0. The molecule has 1 N–H and O–H groups in total. The van der Waals surface area contributed by atoms with Crippen LogP contribution in [0.1, 0.15) is 20.8 Å². The van der Waals surface area contributed by atoms with Crippen LogP contribution in [-0.2, 0) is 9.53 Å². The van der Waals surface area contributed by atoms with E-state index in [1.54, 1.807) is 44.2 Å². The highest BCUT2D eigenvalue weighted by atomic mass is 16.6. The number of non-ortho nitro benzene ring substituents is 1. The van der Waals surface area contributed by atoms with Gasteiger partial charge in [0.2, 0.25) is 0 Å². The molecule has 30 heavy (non-hydrogen) atoms. The second kappa shape index (κ2) is 10.6. The minimum absolute atomic E-state index is 0.0533. The number of nitrogens with one attached hydrogen (secondary N) is 1. The molecule has 0 aliphatic carbocycles. The number of amides is 2. The summed E-state index contributed by atoms with van der Waals surface area (Å²) in [5.74, 6) is -0.510. The van der Waals surface area contributed by atoms with Gasteiger partial charge in [0, 0.05) is 18.7 Å². The number of rotatable bonds is 7. The number of nitro groups is 1. The minimum atomic E-state index is -0.685. The highest BCUT2D eigenvalue weighted by Gasteiger charge is 2.29. The van der Waals surface area contributed by atoms with Crippen LogP contribution >= 0.6 is 0 Å². The molecule has 0 bridgehead atoms. The van der Waals surface area contributed by atoms with E-state index >= 15 is 0 Å². The molecule has 0 radical (unpaired) electrons. The van der Waals surface area contributed by atoms with Crippen molar-refractivity contribution in [2.45, 2.75) is 20.8 Å². The van der Waals surface area contributed by atoms with Crippen LogP contribution < -0.4 is 10.4 Å². The fourth-order valence-electron chi connectivity index (χ4n) is 2.51. The van der Waals surface area contributed by atoms with E-state index in [-0.39, 0.29) is 24.6 Å². The van der Waals surface area contributed by atoms with E-state index in [4.69, 9.17) is 4.74 Å². The Morgan fingerprint density at radius 3 is 2.27 bits per heavy atom. The van der Waals surface area contributed by atoms with Gasteiger partial charge in [0.15, 0.2) is 0 Å². The van der Waals surface area contributed by atoms with Gasteiger partial charge < -0.3 is 4.74 Å². The molecule has 2 aromatic rings. The Kier molecular flexibility index (Phi) is 7.86. The smallest absolute Gasteiger partial charge is 0.433 e. The van der Waals surface area contributed by atoms with Gasteiger partial charge in [0.25, 0.3) is 11.6 Å². The van der Waals surface area contributed by atoms with E-state index in [1.807, 2.05) is 0 Å². The van der Waals surface area contributed by atoms with Crippen molar-refractivity contribution in [1.82, 2.24) is 5.01 Å². The Morgan fingerprint density at radius 1 is 1.10 bits per heavy atom. The first-order chi connectivity index (χ1) is 14.4. The summed E-state index contributed by atoms with van der Waals surface area (Å²) in [6, 6.07) is 14.3. The lowest BCUT2D eigenvalue weighted by Gasteiger charge is -2.32. The summed E-state index contributed by atoms with van der Waals surface area (Å²) in [5, 5.41) is 17.2. The summed E-state index contributed by atoms with van der Waals surface area (Å²) in [6.07, 6.45) is -0.685. The van der Waals surface area contributed by atoms with Crippen LogP contribution in [0.4, 0.5) is 21.9 Å². The highest BCUT2D eigenvalue weighted by Crippen LogP contribution is 2.19. The molecule has 2 aromatic carbocycles. The molecule has 10 nitrogen and oxygen atoms in total. The molecule has 0 spiro atoms. The van der Waals surface area contributed by atoms with Crippen LogP contribution in [0.5, 0.6) is 0 Å². The van der Waals surface area contributed by atoms with E-state index in [0.717, 1.165) is 5.01 Å². The summed E-state index contributed by atoms with van der Waals surface area (Å²) in [4.78, 5) is 35.7. The van der Waals surface area contributed by atoms with Crippen molar-refractivity contribution >= 4 is 34.8 Å². The number of para-hydroxylation sites is 1. The van der Waals surface area contributed by atoms with Crippen LogP contribution in [-0.4, -0.2) is 40.8 Å². The van der Waals surface area contributed by atoms with Gasteiger partial charge in [-0.15, -0.1) is 0 Å². The summed E-state index contributed by atoms with van der Waals surface area (Å²) in [5.41, 5.74) is 3.66. The topological polar surface area (TPSA) is 117 Å². The first kappa shape index (κ1) is 22.3. The fourth-order valence-corrected chi connectivity index (χ4v) is 2.51. The van der Waals surface area contributed by atoms with E-state index in [9.17, 15) is 19.7 Å². The second-order valence-electron chi connectivity index (χ2n) is 5.98. The number of hydrogen-bond donors (Lipinski definition) is 1. The molecule has 0 atom stereocenters. The molecular weight excluding hydrogens is 390 g/mol. The summed E-state index contributed by atoms with van der Waals surface area (Å²) < 4.78 is 5.11. The lowest BCUT2D eigenvalue weighted by molar-refractivity contribution is -0.384. The number of hydrazine groups is 1. The number of hydrogen-bond acceptors (Lipinski definition) is 7. The zero-order valence-corrected chi connectivity index (χ0v) is 16.9. The van der Waals surface area contributed by atoms with E-state index < -0.39 is 16.9 Å². The van der Waals surface area contributed by atoms with Crippen LogP contribution in [0.3, 0.4) is 0 Å². The first-order valence-corrected chi connectivity index (χ1v) is 9.27. The molecular formula is C20H23N5O5. The van der Waals surface area contributed by atoms with E-state index in [1.165, 1.54) is 36.2 Å². The van der Waals surface area contributed by atoms with Gasteiger partial charge in [-0.25, -0.2) is 9.80 Å². The second-order valence-corrected chi connectivity index (χ2v) is 5.98. The molecule has 0 aliphatic heterocycles. The zero-order chi connectivity index (χ0) is 22.1. The Morgan fingerprint density at radius 2 is 1.73 bits per heavy atom. The Hall–Kier alpha value is -3.95. The van der Waals surface area contributed by atoms with Gasteiger partial charge in [-0.05, 0) is 45.0 Å². The summed E-state index contributed by atoms with van der Waals surface area (Å²) >= 11 is 0. The molecule has 0 aliphatic rings. The van der Waals surface area contributed by atoms with Gasteiger partial charge in [0.05, 0.1) is 22.9 Å². The van der Waals surface area contributed by atoms with Crippen LogP contribution in [0.25, 0.3) is 0 Å². The Balaban J connectivity index is 2.23. The van der Waals surface area contributed by atoms with Crippen molar-refractivity contribution in [3.8, 4) is 0 Å².